The van der Waals surface area contributed by atoms with Crippen LogP contribution in [0.2, 0.25) is 0 Å². The minimum atomic E-state index is -3.69. The molecule has 1 aliphatic heterocycles. The summed E-state index contributed by atoms with van der Waals surface area (Å²) in [4.78, 5) is 24.3. The van der Waals surface area contributed by atoms with E-state index >= 15 is 0 Å². The lowest BCUT2D eigenvalue weighted by molar-refractivity contribution is -0.154. The summed E-state index contributed by atoms with van der Waals surface area (Å²) in [5.41, 5.74) is 4.33. The van der Waals surface area contributed by atoms with Gasteiger partial charge in [0.05, 0.1) is 11.3 Å². The number of halogens is 2. The lowest BCUT2D eigenvalue weighted by atomic mass is 10.1. The highest BCUT2D eigenvalue weighted by Gasteiger charge is 2.53. The Kier molecular flexibility index (Phi) is 3.39. The van der Waals surface area contributed by atoms with Crippen LogP contribution in [0.5, 0.6) is 0 Å². The van der Waals surface area contributed by atoms with E-state index in [-0.39, 0.29) is 11.4 Å². The number of nitrogens with zero attached hydrogens (tertiary/aromatic N) is 1. The number of hydrogen-bond acceptors (Lipinski definition) is 4. The van der Waals surface area contributed by atoms with Gasteiger partial charge in [-0.25, -0.2) is 0 Å². The van der Waals surface area contributed by atoms with Gasteiger partial charge in [0.2, 0.25) is 0 Å². The van der Waals surface area contributed by atoms with Crippen LogP contribution in [0.4, 0.5) is 20.2 Å². The van der Waals surface area contributed by atoms with Crippen LogP contribution in [-0.4, -0.2) is 24.0 Å². The maximum atomic E-state index is 14.0. The van der Waals surface area contributed by atoms with E-state index in [9.17, 15) is 18.4 Å². The number of amides is 1. The van der Waals surface area contributed by atoms with Gasteiger partial charge in [0.1, 0.15) is 12.1 Å². The maximum Gasteiger partial charge on any atom is 0.352 e. The Morgan fingerprint density at radius 2 is 2.00 bits per heavy atom. The van der Waals surface area contributed by atoms with Crippen molar-refractivity contribution in [3.8, 4) is 0 Å². The highest BCUT2D eigenvalue weighted by molar-refractivity contribution is 6.08. The van der Waals surface area contributed by atoms with Crippen molar-refractivity contribution in [1.82, 2.24) is 0 Å². The summed E-state index contributed by atoms with van der Waals surface area (Å²) < 4.78 is 33.0. The van der Waals surface area contributed by atoms with Crippen LogP contribution in [0.1, 0.15) is 26.3 Å². The summed E-state index contributed by atoms with van der Waals surface area (Å²) >= 11 is 0. The lowest BCUT2D eigenvalue weighted by Crippen LogP contribution is -2.40. The minimum absolute atomic E-state index is 0.0231. The summed E-state index contributed by atoms with van der Waals surface area (Å²) in [5, 5.41) is 0. The van der Waals surface area contributed by atoms with Crippen LogP contribution in [0.25, 0.3) is 0 Å². The second-order valence-corrected chi connectivity index (χ2v) is 5.83. The number of esters is 1. The summed E-state index contributed by atoms with van der Waals surface area (Å²) in [6, 6.07) is 3.74. The Morgan fingerprint density at radius 1 is 1.38 bits per heavy atom. The van der Waals surface area contributed by atoms with Gasteiger partial charge in [-0.05, 0) is 39.0 Å². The molecule has 0 aromatic heterocycles. The van der Waals surface area contributed by atoms with E-state index < -0.39 is 35.5 Å². The molecule has 0 saturated heterocycles. The van der Waals surface area contributed by atoms with Crippen molar-refractivity contribution in [3.63, 3.8) is 0 Å². The molecule has 114 valence electrons. The van der Waals surface area contributed by atoms with Gasteiger partial charge in [-0.2, -0.15) is 8.78 Å². The van der Waals surface area contributed by atoms with E-state index in [1.165, 1.54) is 12.1 Å². The number of anilines is 2. The third-order valence-electron chi connectivity index (χ3n) is 2.87. The van der Waals surface area contributed by atoms with Crippen LogP contribution in [0, 0.1) is 0 Å². The van der Waals surface area contributed by atoms with E-state index in [0.29, 0.717) is 0 Å². The molecule has 1 amide bonds. The van der Waals surface area contributed by atoms with Crippen LogP contribution in [0.3, 0.4) is 0 Å². The van der Waals surface area contributed by atoms with Crippen molar-refractivity contribution in [2.45, 2.75) is 32.3 Å². The molecule has 0 saturated carbocycles. The number of alkyl halides is 2. The number of nitrogen functional groups attached to an aromatic ring is 1. The molecule has 0 atom stereocenters. The number of nitrogens with two attached hydrogens (primary N) is 1. The lowest BCUT2D eigenvalue weighted by Gasteiger charge is -2.22. The van der Waals surface area contributed by atoms with Gasteiger partial charge in [0.25, 0.3) is 0 Å². The molecule has 7 heteroatoms. The van der Waals surface area contributed by atoms with E-state index in [2.05, 4.69) is 0 Å². The first-order chi connectivity index (χ1) is 9.52. The quantitative estimate of drug-likeness (QED) is 0.670. The maximum absolute atomic E-state index is 14.0. The minimum Gasteiger partial charge on any atom is -0.459 e. The second kappa shape index (κ2) is 4.68. The molecule has 0 radical (unpaired) electrons. The smallest absolute Gasteiger partial charge is 0.352 e. The van der Waals surface area contributed by atoms with Gasteiger partial charge in [0.15, 0.2) is 0 Å². The molecular formula is C14H16F2N2O3. The summed E-state index contributed by atoms with van der Waals surface area (Å²) in [6.45, 7) is 4.39. The number of benzene rings is 1. The highest BCUT2D eigenvalue weighted by atomic mass is 19.3. The van der Waals surface area contributed by atoms with Gasteiger partial charge >= 0.3 is 17.8 Å². The fourth-order valence-electron chi connectivity index (χ4n) is 2.09. The average molecular weight is 298 g/mol. The third kappa shape index (κ3) is 2.81. The number of ether oxygens (including phenoxy) is 1. The third-order valence-corrected chi connectivity index (χ3v) is 2.87. The Bertz CT molecular complexity index is 609. The van der Waals surface area contributed by atoms with Crippen molar-refractivity contribution in [1.29, 1.82) is 0 Å². The van der Waals surface area contributed by atoms with Crippen molar-refractivity contribution in [2.24, 2.45) is 0 Å². The number of fused-ring (bicyclic) bond motifs is 1. The number of hydrogen-bond donors (Lipinski definition) is 1. The largest absolute Gasteiger partial charge is 0.459 e. The second-order valence-electron chi connectivity index (χ2n) is 5.83. The molecule has 0 fully saturated rings. The molecule has 0 aliphatic carbocycles. The van der Waals surface area contributed by atoms with Gasteiger partial charge in [-0.3, -0.25) is 14.5 Å². The Morgan fingerprint density at radius 3 is 2.57 bits per heavy atom. The van der Waals surface area contributed by atoms with Gasteiger partial charge < -0.3 is 10.5 Å². The SMILES string of the molecule is CC(C)(C)OC(=O)CN1C(=O)C(F)(F)c2cc(N)ccc21. The summed E-state index contributed by atoms with van der Waals surface area (Å²) in [5.74, 6) is -5.89. The van der Waals surface area contributed by atoms with E-state index in [1.54, 1.807) is 20.8 Å². The van der Waals surface area contributed by atoms with Crippen molar-refractivity contribution >= 4 is 23.3 Å². The fraction of sp³-hybridized carbons (Fsp3) is 0.429. The number of carbonyl (C=O) groups is 2. The molecule has 0 unspecified atom stereocenters. The molecule has 1 aromatic carbocycles. The topological polar surface area (TPSA) is 72.6 Å². The molecule has 2 N–H and O–H groups in total. The molecule has 2 rings (SSSR count). The monoisotopic (exact) mass is 298 g/mol. The summed E-state index contributed by atoms with van der Waals surface area (Å²) in [6.07, 6.45) is 0. The fourth-order valence-corrected chi connectivity index (χ4v) is 2.09. The van der Waals surface area contributed by atoms with Crippen molar-refractivity contribution in [2.75, 3.05) is 17.2 Å². The highest BCUT2D eigenvalue weighted by Crippen LogP contribution is 2.44. The first-order valence-corrected chi connectivity index (χ1v) is 6.34. The van der Waals surface area contributed by atoms with Crippen molar-refractivity contribution < 1.29 is 23.1 Å². The van der Waals surface area contributed by atoms with Gasteiger partial charge in [-0.1, -0.05) is 0 Å². The molecule has 1 heterocycles. The van der Waals surface area contributed by atoms with E-state index in [4.69, 9.17) is 10.5 Å². The molecule has 0 spiro atoms. The predicted octanol–water partition coefficient (Wildman–Crippen LogP) is 2.05. The zero-order chi connectivity index (χ0) is 16.0. The van der Waals surface area contributed by atoms with Crippen LogP contribution < -0.4 is 10.6 Å². The van der Waals surface area contributed by atoms with Crippen LogP contribution in [0.15, 0.2) is 18.2 Å². The van der Waals surface area contributed by atoms with E-state index in [1.807, 2.05) is 0 Å². The van der Waals surface area contributed by atoms with Gasteiger partial charge in [0, 0.05) is 5.69 Å². The molecular weight excluding hydrogens is 282 g/mol. The zero-order valence-electron chi connectivity index (χ0n) is 11.9. The molecule has 1 aliphatic rings. The summed E-state index contributed by atoms with van der Waals surface area (Å²) in [7, 11) is 0. The number of rotatable bonds is 2. The molecule has 21 heavy (non-hydrogen) atoms. The van der Waals surface area contributed by atoms with Crippen LogP contribution >= 0.6 is 0 Å². The Labute approximate surface area is 120 Å². The van der Waals surface area contributed by atoms with Crippen LogP contribution in [-0.2, 0) is 20.2 Å². The molecule has 5 nitrogen and oxygen atoms in total. The average Bonchev–Trinajstić information content (AvgIpc) is 2.49. The van der Waals surface area contributed by atoms with Gasteiger partial charge in [-0.15, -0.1) is 0 Å². The normalized spacial score (nSPS) is 16.8. The first kappa shape index (κ1) is 15.2. The van der Waals surface area contributed by atoms with E-state index in [0.717, 1.165) is 11.0 Å². The molecule has 1 aromatic rings. The number of carbonyl (C=O) groups excluding carboxylic acids is 2. The first-order valence-electron chi connectivity index (χ1n) is 6.34. The predicted molar refractivity (Wildman–Crippen MR) is 72.9 cm³/mol. The standard InChI is InChI=1S/C14H16F2N2O3/c1-13(2,3)21-11(19)7-18-10-5-4-8(17)6-9(10)14(15,16)12(18)20/h4-6H,7,17H2,1-3H3. The molecule has 0 bridgehead atoms. The Balaban J connectivity index is 2.31. The zero-order valence-corrected chi connectivity index (χ0v) is 11.9. The Hall–Kier alpha value is -2.18. The van der Waals surface area contributed by atoms with Crippen molar-refractivity contribution in [3.05, 3.63) is 23.8 Å².